The lowest BCUT2D eigenvalue weighted by molar-refractivity contribution is -0.147. The van der Waals surface area contributed by atoms with E-state index in [2.05, 4.69) is 8.91 Å². The van der Waals surface area contributed by atoms with Gasteiger partial charge in [0.05, 0.1) is 6.61 Å². The Balaban J connectivity index is 2.21. The Kier molecular flexibility index (Phi) is 4.46. The van der Waals surface area contributed by atoms with Crippen LogP contribution in [0, 0.1) is 0 Å². The minimum atomic E-state index is -3.86. The summed E-state index contributed by atoms with van der Waals surface area (Å²) in [5.41, 5.74) is 0.835. The number of rotatable bonds is 5. The van der Waals surface area contributed by atoms with Gasteiger partial charge >= 0.3 is 10.3 Å². The molecule has 20 heavy (non-hydrogen) atoms. The number of hydrogen-bond donors (Lipinski definition) is 1. The van der Waals surface area contributed by atoms with Crippen molar-refractivity contribution < 1.29 is 22.1 Å². The summed E-state index contributed by atoms with van der Waals surface area (Å²) in [7, 11) is -3.86. The summed E-state index contributed by atoms with van der Waals surface area (Å²) in [5, 5.41) is 0. The third-order valence-corrected chi connectivity index (χ3v) is 3.83. The van der Waals surface area contributed by atoms with E-state index in [0.717, 1.165) is 5.56 Å². The number of ether oxygens (including phenoxy) is 2. The van der Waals surface area contributed by atoms with Crippen LogP contribution in [0.15, 0.2) is 30.3 Å². The largest absolute Gasteiger partial charge is 0.338 e. The lowest BCUT2D eigenvalue weighted by Crippen LogP contribution is -2.39. The summed E-state index contributed by atoms with van der Waals surface area (Å²) >= 11 is 0. The van der Waals surface area contributed by atoms with Gasteiger partial charge in [-0.1, -0.05) is 30.3 Å². The van der Waals surface area contributed by atoms with Crippen LogP contribution in [0.4, 0.5) is 0 Å². The van der Waals surface area contributed by atoms with Crippen molar-refractivity contribution in [1.29, 1.82) is 0 Å². The number of nitrogens with one attached hydrogen (secondary N) is 1. The van der Waals surface area contributed by atoms with E-state index in [1.165, 1.54) is 0 Å². The van der Waals surface area contributed by atoms with Crippen molar-refractivity contribution in [2.24, 2.45) is 0 Å². The first-order valence-corrected chi connectivity index (χ1v) is 7.81. The Bertz CT molecular complexity index is 543. The Morgan fingerprint density at radius 2 is 1.90 bits per heavy atom. The summed E-state index contributed by atoms with van der Waals surface area (Å²) in [4.78, 5) is 0. The molecule has 1 aromatic rings. The quantitative estimate of drug-likeness (QED) is 0.896. The summed E-state index contributed by atoms with van der Waals surface area (Å²) in [6.07, 6.45) is -1.36. The molecule has 6 nitrogen and oxygen atoms in total. The molecule has 0 spiro atoms. The van der Waals surface area contributed by atoms with Crippen LogP contribution in [0.3, 0.4) is 0 Å². The van der Waals surface area contributed by atoms with Crippen molar-refractivity contribution in [2.45, 2.75) is 38.9 Å². The second kappa shape index (κ2) is 5.79. The standard InChI is InChI=1S/C13H19NO5S/c1-4-17-20(15,16)14-12-11(18-13(2,3)19-12)10-8-6-5-7-9-10/h5-9,11-12,14H,4H2,1-3H3. The molecule has 1 heterocycles. The summed E-state index contributed by atoms with van der Waals surface area (Å²) in [6, 6.07) is 9.31. The predicted octanol–water partition coefficient (Wildman–Crippen LogP) is 1.71. The normalized spacial score (nSPS) is 25.8. The van der Waals surface area contributed by atoms with Crippen molar-refractivity contribution in [2.75, 3.05) is 6.61 Å². The maximum Gasteiger partial charge on any atom is 0.338 e. The van der Waals surface area contributed by atoms with Crippen LogP contribution < -0.4 is 4.72 Å². The van der Waals surface area contributed by atoms with E-state index in [1.807, 2.05) is 30.3 Å². The van der Waals surface area contributed by atoms with Gasteiger partial charge in [-0.05, 0) is 26.3 Å². The molecule has 0 aliphatic carbocycles. The van der Waals surface area contributed by atoms with Crippen LogP contribution in [0.25, 0.3) is 0 Å². The van der Waals surface area contributed by atoms with Gasteiger partial charge in [-0.2, -0.15) is 13.1 Å². The summed E-state index contributed by atoms with van der Waals surface area (Å²) in [6.45, 7) is 5.13. The smallest absolute Gasteiger partial charge is 0.338 e. The van der Waals surface area contributed by atoms with Gasteiger partial charge in [-0.3, -0.25) is 4.18 Å². The third kappa shape index (κ3) is 3.77. The van der Waals surface area contributed by atoms with Crippen LogP contribution in [0.2, 0.25) is 0 Å². The van der Waals surface area contributed by atoms with E-state index < -0.39 is 28.4 Å². The van der Waals surface area contributed by atoms with E-state index in [-0.39, 0.29) is 6.61 Å². The van der Waals surface area contributed by atoms with Gasteiger partial charge in [-0.15, -0.1) is 0 Å². The Labute approximate surface area is 119 Å². The average Bonchev–Trinajstić information content (AvgIpc) is 2.64. The number of hydrogen-bond acceptors (Lipinski definition) is 5. The van der Waals surface area contributed by atoms with Crippen molar-refractivity contribution in [3.8, 4) is 0 Å². The SMILES string of the molecule is CCOS(=O)(=O)NC1OC(C)(C)OC1c1ccccc1. The first kappa shape index (κ1) is 15.4. The van der Waals surface area contributed by atoms with E-state index >= 15 is 0 Å². The van der Waals surface area contributed by atoms with Crippen LogP contribution >= 0.6 is 0 Å². The fourth-order valence-corrected chi connectivity index (χ4v) is 2.90. The lowest BCUT2D eigenvalue weighted by Gasteiger charge is -2.17. The topological polar surface area (TPSA) is 73.9 Å². The zero-order valence-electron chi connectivity index (χ0n) is 11.7. The molecule has 0 amide bonds. The van der Waals surface area contributed by atoms with Gasteiger partial charge in [0.25, 0.3) is 0 Å². The molecular formula is C13H19NO5S. The highest BCUT2D eigenvalue weighted by Gasteiger charge is 2.44. The number of benzene rings is 1. The molecule has 1 aliphatic heterocycles. The van der Waals surface area contributed by atoms with Gasteiger partial charge in [0.15, 0.2) is 12.0 Å². The molecule has 0 saturated carbocycles. The highest BCUT2D eigenvalue weighted by atomic mass is 32.2. The molecule has 0 aromatic heterocycles. The molecule has 1 aromatic carbocycles. The van der Waals surface area contributed by atoms with E-state index in [1.54, 1.807) is 20.8 Å². The second-order valence-corrected chi connectivity index (χ2v) is 6.25. The van der Waals surface area contributed by atoms with Crippen LogP contribution in [0.5, 0.6) is 0 Å². The fraction of sp³-hybridized carbons (Fsp3) is 0.538. The van der Waals surface area contributed by atoms with Crippen LogP contribution in [-0.4, -0.2) is 27.0 Å². The molecule has 2 unspecified atom stereocenters. The Morgan fingerprint density at radius 1 is 1.25 bits per heavy atom. The first-order chi connectivity index (χ1) is 9.33. The van der Waals surface area contributed by atoms with Gasteiger partial charge in [0.1, 0.15) is 6.10 Å². The van der Waals surface area contributed by atoms with Gasteiger partial charge in [-0.25, -0.2) is 0 Å². The Morgan fingerprint density at radius 3 is 2.50 bits per heavy atom. The van der Waals surface area contributed by atoms with Crippen molar-refractivity contribution in [3.63, 3.8) is 0 Å². The fourth-order valence-electron chi connectivity index (χ4n) is 2.07. The highest BCUT2D eigenvalue weighted by Crippen LogP contribution is 2.37. The third-order valence-electron chi connectivity index (χ3n) is 2.76. The molecule has 1 aliphatic rings. The summed E-state index contributed by atoms with van der Waals surface area (Å²) in [5.74, 6) is -0.875. The summed E-state index contributed by atoms with van der Waals surface area (Å²) < 4.78 is 41.8. The van der Waals surface area contributed by atoms with Crippen LogP contribution in [0.1, 0.15) is 32.4 Å². The van der Waals surface area contributed by atoms with Crippen molar-refractivity contribution in [1.82, 2.24) is 4.72 Å². The zero-order valence-corrected chi connectivity index (χ0v) is 12.5. The Hall–Kier alpha value is -0.990. The van der Waals surface area contributed by atoms with Gasteiger partial charge in [0, 0.05) is 0 Å². The molecule has 1 N–H and O–H groups in total. The first-order valence-electron chi connectivity index (χ1n) is 6.40. The maximum atomic E-state index is 11.7. The van der Waals surface area contributed by atoms with Crippen molar-refractivity contribution in [3.05, 3.63) is 35.9 Å². The lowest BCUT2D eigenvalue weighted by atomic mass is 10.1. The predicted molar refractivity (Wildman–Crippen MR) is 72.9 cm³/mol. The van der Waals surface area contributed by atoms with Crippen molar-refractivity contribution >= 4 is 10.3 Å². The molecule has 1 saturated heterocycles. The van der Waals surface area contributed by atoms with E-state index in [4.69, 9.17) is 9.47 Å². The molecule has 1 fully saturated rings. The van der Waals surface area contributed by atoms with Gasteiger partial charge < -0.3 is 9.47 Å². The molecule has 2 rings (SSSR count). The molecule has 7 heteroatoms. The molecule has 0 bridgehead atoms. The molecule has 112 valence electrons. The minimum absolute atomic E-state index is 0.0578. The maximum absolute atomic E-state index is 11.7. The van der Waals surface area contributed by atoms with Gasteiger partial charge in [0.2, 0.25) is 0 Å². The second-order valence-electron chi connectivity index (χ2n) is 4.87. The highest BCUT2D eigenvalue weighted by molar-refractivity contribution is 7.84. The monoisotopic (exact) mass is 301 g/mol. The molecular weight excluding hydrogens is 282 g/mol. The molecule has 0 radical (unpaired) electrons. The zero-order chi connectivity index (χ0) is 14.8. The van der Waals surface area contributed by atoms with Crippen LogP contribution in [-0.2, 0) is 24.0 Å². The van der Waals surface area contributed by atoms with E-state index in [0.29, 0.717) is 0 Å². The van der Waals surface area contributed by atoms with E-state index in [9.17, 15) is 8.42 Å². The molecule has 2 atom stereocenters. The minimum Gasteiger partial charge on any atom is -0.338 e. The average molecular weight is 301 g/mol.